The number of hydrogen-bond acceptors (Lipinski definition) is 3. The summed E-state index contributed by atoms with van der Waals surface area (Å²) in [6, 6.07) is 11.8. The van der Waals surface area contributed by atoms with Crippen LogP contribution in [0.5, 0.6) is 0 Å². The molecule has 0 aliphatic rings. The fraction of sp³-hybridized carbons (Fsp3) is 0.235. The lowest BCUT2D eigenvalue weighted by molar-refractivity contribution is -0.131. The molecule has 0 aliphatic carbocycles. The SMILES string of the molecule is Cc1ccnn1CC(=O)N(C)Cc1ccc(-n2cccn2)cc1. The number of hydrogen-bond donors (Lipinski definition) is 0. The molecular weight excluding hydrogens is 290 g/mol. The van der Waals surface area contributed by atoms with E-state index in [9.17, 15) is 4.79 Å². The molecule has 6 nitrogen and oxygen atoms in total. The van der Waals surface area contributed by atoms with Crippen molar-refractivity contribution in [1.29, 1.82) is 0 Å². The molecular formula is C17H19N5O. The van der Waals surface area contributed by atoms with Gasteiger partial charge in [-0.2, -0.15) is 10.2 Å². The first-order valence-corrected chi connectivity index (χ1v) is 7.45. The van der Waals surface area contributed by atoms with Gasteiger partial charge in [0.1, 0.15) is 6.54 Å². The quantitative estimate of drug-likeness (QED) is 0.724. The van der Waals surface area contributed by atoms with E-state index in [1.807, 2.05) is 56.6 Å². The maximum absolute atomic E-state index is 12.3. The minimum Gasteiger partial charge on any atom is -0.340 e. The van der Waals surface area contributed by atoms with Gasteiger partial charge >= 0.3 is 0 Å². The monoisotopic (exact) mass is 309 g/mol. The normalized spacial score (nSPS) is 10.7. The highest BCUT2D eigenvalue weighted by atomic mass is 16.2. The van der Waals surface area contributed by atoms with Gasteiger partial charge in [0.15, 0.2) is 0 Å². The Morgan fingerprint density at radius 1 is 1.13 bits per heavy atom. The first kappa shape index (κ1) is 15.0. The van der Waals surface area contributed by atoms with Crippen LogP contribution < -0.4 is 0 Å². The molecule has 0 atom stereocenters. The first-order valence-electron chi connectivity index (χ1n) is 7.45. The van der Waals surface area contributed by atoms with Crippen molar-refractivity contribution in [3.8, 4) is 5.69 Å². The van der Waals surface area contributed by atoms with Crippen molar-refractivity contribution in [3.05, 3.63) is 66.2 Å². The van der Waals surface area contributed by atoms with Crippen LogP contribution in [0.15, 0.2) is 55.0 Å². The van der Waals surface area contributed by atoms with Crippen LogP contribution in [0, 0.1) is 6.92 Å². The van der Waals surface area contributed by atoms with E-state index < -0.39 is 0 Å². The second-order valence-corrected chi connectivity index (χ2v) is 5.50. The Hall–Kier alpha value is -2.89. The van der Waals surface area contributed by atoms with Crippen molar-refractivity contribution in [2.24, 2.45) is 0 Å². The van der Waals surface area contributed by atoms with Crippen LogP contribution in [0.2, 0.25) is 0 Å². The zero-order valence-corrected chi connectivity index (χ0v) is 13.3. The van der Waals surface area contributed by atoms with E-state index in [1.165, 1.54) is 0 Å². The van der Waals surface area contributed by atoms with E-state index >= 15 is 0 Å². The van der Waals surface area contributed by atoms with Gasteiger partial charge in [0.25, 0.3) is 0 Å². The van der Waals surface area contributed by atoms with Gasteiger partial charge in [-0.3, -0.25) is 9.48 Å². The molecule has 0 bridgehead atoms. The van der Waals surface area contributed by atoms with Crippen molar-refractivity contribution < 1.29 is 4.79 Å². The highest BCUT2D eigenvalue weighted by Gasteiger charge is 2.11. The topological polar surface area (TPSA) is 56.0 Å². The number of carbonyl (C=O) groups is 1. The minimum atomic E-state index is 0.0351. The Balaban J connectivity index is 1.62. The molecule has 118 valence electrons. The molecule has 23 heavy (non-hydrogen) atoms. The van der Waals surface area contributed by atoms with E-state index in [0.29, 0.717) is 6.54 Å². The van der Waals surface area contributed by atoms with E-state index in [-0.39, 0.29) is 12.5 Å². The lowest BCUT2D eigenvalue weighted by atomic mass is 10.2. The number of amides is 1. The number of carbonyl (C=O) groups excluding carboxylic acids is 1. The molecule has 0 aliphatic heterocycles. The Morgan fingerprint density at radius 3 is 2.52 bits per heavy atom. The van der Waals surface area contributed by atoms with Gasteiger partial charge in [-0.05, 0) is 36.8 Å². The van der Waals surface area contributed by atoms with Crippen molar-refractivity contribution in [3.63, 3.8) is 0 Å². The molecule has 0 spiro atoms. The van der Waals surface area contributed by atoms with Crippen molar-refractivity contribution in [2.75, 3.05) is 7.05 Å². The number of aryl methyl sites for hydroxylation is 1. The lowest BCUT2D eigenvalue weighted by Crippen LogP contribution is -2.30. The summed E-state index contributed by atoms with van der Waals surface area (Å²) >= 11 is 0. The predicted octanol–water partition coefficient (Wildman–Crippen LogP) is 2.04. The summed E-state index contributed by atoms with van der Waals surface area (Å²) < 4.78 is 3.51. The molecule has 2 aromatic heterocycles. The molecule has 0 radical (unpaired) electrons. The molecule has 1 aromatic carbocycles. The standard InChI is InChI=1S/C17H19N5O/c1-14-8-10-19-22(14)13-17(23)20(2)12-15-4-6-16(7-5-15)21-11-3-9-18-21/h3-11H,12-13H2,1-2H3. The van der Waals surface area contributed by atoms with Gasteiger partial charge in [-0.25, -0.2) is 4.68 Å². The largest absolute Gasteiger partial charge is 0.340 e. The molecule has 0 N–H and O–H groups in total. The van der Waals surface area contributed by atoms with E-state index in [1.54, 1.807) is 26.7 Å². The van der Waals surface area contributed by atoms with Crippen molar-refractivity contribution in [1.82, 2.24) is 24.5 Å². The average Bonchev–Trinajstić information content (AvgIpc) is 3.21. The van der Waals surface area contributed by atoms with Gasteiger partial charge in [-0.1, -0.05) is 12.1 Å². The van der Waals surface area contributed by atoms with E-state index in [0.717, 1.165) is 16.9 Å². The summed E-state index contributed by atoms with van der Waals surface area (Å²) in [6.07, 6.45) is 5.35. The summed E-state index contributed by atoms with van der Waals surface area (Å²) in [4.78, 5) is 14.0. The van der Waals surface area contributed by atoms with Crippen LogP contribution in [0.3, 0.4) is 0 Å². The lowest BCUT2D eigenvalue weighted by Gasteiger charge is -2.18. The van der Waals surface area contributed by atoms with Crippen molar-refractivity contribution >= 4 is 5.91 Å². The predicted molar refractivity (Wildman–Crippen MR) is 87.0 cm³/mol. The van der Waals surface area contributed by atoms with Gasteiger partial charge in [0.2, 0.25) is 5.91 Å². The smallest absolute Gasteiger partial charge is 0.244 e. The zero-order chi connectivity index (χ0) is 16.2. The summed E-state index contributed by atoms with van der Waals surface area (Å²) in [7, 11) is 1.81. The molecule has 0 unspecified atom stereocenters. The fourth-order valence-electron chi connectivity index (χ4n) is 2.35. The zero-order valence-electron chi connectivity index (χ0n) is 13.3. The van der Waals surface area contributed by atoms with Crippen LogP contribution in [-0.4, -0.2) is 37.4 Å². The number of likely N-dealkylation sites (N-methyl/N-ethyl adjacent to an activating group) is 1. The maximum atomic E-state index is 12.3. The van der Waals surface area contributed by atoms with Crippen LogP contribution in [0.4, 0.5) is 0 Å². The Labute approximate surface area is 135 Å². The third-order valence-electron chi connectivity index (χ3n) is 3.76. The summed E-state index contributed by atoms with van der Waals surface area (Å²) in [5, 5.41) is 8.34. The summed E-state index contributed by atoms with van der Waals surface area (Å²) in [6.45, 7) is 2.77. The van der Waals surface area contributed by atoms with Crippen LogP contribution in [0.25, 0.3) is 5.69 Å². The Morgan fingerprint density at radius 2 is 1.91 bits per heavy atom. The fourth-order valence-corrected chi connectivity index (χ4v) is 2.35. The number of benzene rings is 1. The second kappa shape index (κ2) is 6.48. The summed E-state index contributed by atoms with van der Waals surface area (Å²) in [5.41, 5.74) is 3.06. The van der Waals surface area contributed by atoms with Crippen LogP contribution in [-0.2, 0) is 17.9 Å². The number of nitrogens with zero attached hydrogens (tertiary/aromatic N) is 5. The molecule has 0 fully saturated rings. The Kier molecular flexibility index (Phi) is 4.23. The number of aromatic nitrogens is 4. The Bertz CT molecular complexity index is 774. The van der Waals surface area contributed by atoms with Crippen LogP contribution >= 0.6 is 0 Å². The van der Waals surface area contributed by atoms with Crippen LogP contribution in [0.1, 0.15) is 11.3 Å². The third-order valence-corrected chi connectivity index (χ3v) is 3.76. The van der Waals surface area contributed by atoms with Gasteiger partial charge in [0, 0.05) is 37.9 Å². The summed E-state index contributed by atoms with van der Waals surface area (Å²) in [5.74, 6) is 0.0351. The first-order chi connectivity index (χ1) is 11.1. The molecule has 3 rings (SSSR count). The number of rotatable bonds is 5. The maximum Gasteiger partial charge on any atom is 0.244 e. The molecule has 0 saturated carbocycles. The molecule has 1 amide bonds. The van der Waals surface area contributed by atoms with Gasteiger partial charge in [0.05, 0.1) is 5.69 Å². The van der Waals surface area contributed by atoms with Gasteiger partial charge in [-0.15, -0.1) is 0 Å². The van der Waals surface area contributed by atoms with E-state index in [4.69, 9.17) is 0 Å². The molecule has 2 heterocycles. The molecule has 3 aromatic rings. The highest BCUT2D eigenvalue weighted by Crippen LogP contribution is 2.10. The van der Waals surface area contributed by atoms with Crippen molar-refractivity contribution in [2.45, 2.75) is 20.0 Å². The molecule has 6 heteroatoms. The molecule has 0 saturated heterocycles. The highest BCUT2D eigenvalue weighted by molar-refractivity contribution is 5.75. The minimum absolute atomic E-state index is 0.0351. The third kappa shape index (κ3) is 3.48. The second-order valence-electron chi connectivity index (χ2n) is 5.50. The average molecular weight is 309 g/mol. The van der Waals surface area contributed by atoms with E-state index in [2.05, 4.69) is 10.2 Å². The van der Waals surface area contributed by atoms with Gasteiger partial charge < -0.3 is 4.90 Å².